The van der Waals surface area contributed by atoms with Crippen LogP contribution >= 0.6 is 0 Å². The van der Waals surface area contributed by atoms with Crippen LogP contribution in [-0.4, -0.2) is 6.04 Å². The fourth-order valence-corrected chi connectivity index (χ4v) is 3.60. The van der Waals surface area contributed by atoms with E-state index in [-0.39, 0.29) is 0 Å². The third-order valence-corrected chi connectivity index (χ3v) is 5.52. The molecule has 0 aromatic heterocycles. The van der Waals surface area contributed by atoms with Crippen molar-refractivity contribution in [3.63, 3.8) is 0 Å². The molecular formula is C22H47N. The monoisotopic (exact) mass is 325 g/mol. The molecule has 23 heavy (non-hydrogen) atoms. The third-order valence-electron chi connectivity index (χ3n) is 5.52. The van der Waals surface area contributed by atoms with Gasteiger partial charge in [0.05, 0.1) is 0 Å². The Hall–Kier alpha value is -0.0400. The second-order valence-electron chi connectivity index (χ2n) is 8.38. The zero-order chi connectivity index (χ0) is 17.4. The van der Waals surface area contributed by atoms with Gasteiger partial charge in [-0.2, -0.15) is 0 Å². The van der Waals surface area contributed by atoms with E-state index in [1.54, 1.807) is 0 Å². The van der Waals surface area contributed by atoms with Crippen molar-refractivity contribution in [2.45, 2.75) is 136 Å². The second-order valence-corrected chi connectivity index (χ2v) is 8.38. The van der Waals surface area contributed by atoms with E-state index in [2.05, 4.69) is 27.7 Å². The first kappa shape index (κ1) is 23.0. The van der Waals surface area contributed by atoms with Crippen LogP contribution in [-0.2, 0) is 0 Å². The Morgan fingerprint density at radius 2 is 1.00 bits per heavy atom. The molecule has 0 fully saturated rings. The van der Waals surface area contributed by atoms with E-state index in [1.165, 1.54) is 103 Å². The molecule has 0 rings (SSSR count). The Bertz CT molecular complexity index is 234. The van der Waals surface area contributed by atoms with Gasteiger partial charge in [0.1, 0.15) is 0 Å². The van der Waals surface area contributed by atoms with Gasteiger partial charge in [0, 0.05) is 6.04 Å². The van der Waals surface area contributed by atoms with Crippen LogP contribution in [0, 0.1) is 5.41 Å². The van der Waals surface area contributed by atoms with Crippen LogP contribution in [0.3, 0.4) is 0 Å². The zero-order valence-electron chi connectivity index (χ0n) is 17.0. The van der Waals surface area contributed by atoms with E-state index in [0.29, 0.717) is 11.5 Å². The molecule has 1 heteroatoms. The fourth-order valence-electron chi connectivity index (χ4n) is 3.60. The summed E-state index contributed by atoms with van der Waals surface area (Å²) in [6.45, 7) is 9.23. The van der Waals surface area contributed by atoms with Gasteiger partial charge in [0.2, 0.25) is 0 Å². The summed E-state index contributed by atoms with van der Waals surface area (Å²) in [5, 5.41) is 0. The average Bonchev–Trinajstić information content (AvgIpc) is 2.51. The van der Waals surface area contributed by atoms with E-state index < -0.39 is 0 Å². The van der Waals surface area contributed by atoms with E-state index in [1.807, 2.05) is 0 Å². The van der Waals surface area contributed by atoms with Gasteiger partial charge in [0.25, 0.3) is 0 Å². The fraction of sp³-hybridized carbons (Fsp3) is 1.00. The molecule has 0 aliphatic heterocycles. The van der Waals surface area contributed by atoms with Crippen molar-refractivity contribution in [1.29, 1.82) is 0 Å². The SMILES string of the molecule is CCCCCCCCCCCCCCCC(N)C(C)(C)CCC. The normalized spacial score (nSPS) is 13.4. The molecule has 0 aliphatic carbocycles. The summed E-state index contributed by atoms with van der Waals surface area (Å²) < 4.78 is 0. The van der Waals surface area contributed by atoms with Crippen LogP contribution in [0.4, 0.5) is 0 Å². The minimum atomic E-state index is 0.325. The molecule has 0 amide bonds. The van der Waals surface area contributed by atoms with Gasteiger partial charge in [-0.3, -0.25) is 0 Å². The van der Waals surface area contributed by atoms with Crippen molar-refractivity contribution in [2.24, 2.45) is 11.1 Å². The van der Waals surface area contributed by atoms with E-state index >= 15 is 0 Å². The van der Waals surface area contributed by atoms with Crippen LogP contribution in [0.1, 0.15) is 130 Å². The molecular weight excluding hydrogens is 278 g/mol. The van der Waals surface area contributed by atoms with Crippen LogP contribution in [0.15, 0.2) is 0 Å². The lowest BCUT2D eigenvalue weighted by Crippen LogP contribution is -2.37. The summed E-state index contributed by atoms with van der Waals surface area (Å²) in [6, 6.07) is 0.384. The van der Waals surface area contributed by atoms with Crippen LogP contribution in [0.5, 0.6) is 0 Å². The summed E-state index contributed by atoms with van der Waals surface area (Å²) in [7, 11) is 0. The lowest BCUT2D eigenvalue weighted by atomic mass is 9.78. The molecule has 1 nitrogen and oxygen atoms in total. The molecule has 0 aromatic rings. The number of unbranched alkanes of at least 4 members (excludes halogenated alkanes) is 12. The predicted molar refractivity (Wildman–Crippen MR) is 107 cm³/mol. The van der Waals surface area contributed by atoms with Crippen LogP contribution in [0.25, 0.3) is 0 Å². The Labute approximate surface area is 148 Å². The minimum absolute atomic E-state index is 0.325. The van der Waals surface area contributed by atoms with Gasteiger partial charge >= 0.3 is 0 Å². The third kappa shape index (κ3) is 14.0. The van der Waals surface area contributed by atoms with Crippen LogP contribution in [0.2, 0.25) is 0 Å². The molecule has 0 saturated heterocycles. The first-order valence-electron chi connectivity index (χ1n) is 10.8. The van der Waals surface area contributed by atoms with Gasteiger partial charge in [0.15, 0.2) is 0 Å². The smallest absolute Gasteiger partial charge is 0.00902 e. The Balaban J connectivity index is 3.27. The van der Waals surface area contributed by atoms with Crippen molar-refractivity contribution in [3.8, 4) is 0 Å². The number of nitrogens with two attached hydrogens (primary N) is 1. The Morgan fingerprint density at radius 1 is 0.609 bits per heavy atom. The summed E-state index contributed by atoms with van der Waals surface area (Å²) in [6.07, 6.45) is 22.3. The maximum Gasteiger partial charge on any atom is 0.00902 e. The topological polar surface area (TPSA) is 26.0 Å². The Kier molecular flexibility index (Phi) is 15.5. The Morgan fingerprint density at radius 3 is 1.39 bits per heavy atom. The molecule has 0 saturated carbocycles. The predicted octanol–water partition coefficient (Wildman–Crippen LogP) is 7.62. The second kappa shape index (κ2) is 15.5. The zero-order valence-corrected chi connectivity index (χ0v) is 17.0. The van der Waals surface area contributed by atoms with Gasteiger partial charge in [-0.25, -0.2) is 0 Å². The van der Waals surface area contributed by atoms with Crippen molar-refractivity contribution < 1.29 is 0 Å². The molecule has 0 aliphatic rings. The summed E-state index contributed by atoms with van der Waals surface area (Å²) >= 11 is 0. The number of hydrogen-bond acceptors (Lipinski definition) is 1. The molecule has 0 aromatic carbocycles. The minimum Gasteiger partial charge on any atom is -0.327 e. The summed E-state index contributed by atoms with van der Waals surface area (Å²) in [5.74, 6) is 0. The molecule has 0 heterocycles. The number of rotatable bonds is 17. The quantitative estimate of drug-likeness (QED) is 0.273. The largest absolute Gasteiger partial charge is 0.327 e. The highest BCUT2D eigenvalue weighted by molar-refractivity contribution is 4.80. The molecule has 0 bridgehead atoms. The van der Waals surface area contributed by atoms with Crippen molar-refractivity contribution in [3.05, 3.63) is 0 Å². The maximum atomic E-state index is 6.38. The van der Waals surface area contributed by atoms with E-state index in [9.17, 15) is 0 Å². The highest BCUT2D eigenvalue weighted by Gasteiger charge is 2.24. The van der Waals surface area contributed by atoms with Crippen LogP contribution < -0.4 is 5.73 Å². The molecule has 2 N–H and O–H groups in total. The summed E-state index contributed by atoms with van der Waals surface area (Å²) in [5.41, 5.74) is 6.70. The van der Waals surface area contributed by atoms with E-state index in [4.69, 9.17) is 5.73 Å². The molecule has 1 atom stereocenters. The first-order chi connectivity index (χ1) is 11.0. The van der Waals surface area contributed by atoms with Crippen molar-refractivity contribution in [2.75, 3.05) is 0 Å². The van der Waals surface area contributed by atoms with E-state index in [0.717, 1.165) is 0 Å². The molecule has 0 spiro atoms. The lowest BCUT2D eigenvalue weighted by Gasteiger charge is -2.31. The standard InChI is InChI=1S/C22H47N/c1-5-7-8-9-10-11-12-13-14-15-16-17-18-19-21(23)22(3,4)20-6-2/h21H,5-20,23H2,1-4H3. The lowest BCUT2D eigenvalue weighted by molar-refractivity contribution is 0.244. The van der Waals surface area contributed by atoms with Gasteiger partial charge < -0.3 is 5.73 Å². The van der Waals surface area contributed by atoms with Crippen molar-refractivity contribution in [1.82, 2.24) is 0 Å². The number of hydrogen-bond donors (Lipinski definition) is 1. The van der Waals surface area contributed by atoms with Gasteiger partial charge in [-0.05, 0) is 18.3 Å². The maximum absolute atomic E-state index is 6.38. The average molecular weight is 326 g/mol. The summed E-state index contributed by atoms with van der Waals surface area (Å²) in [4.78, 5) is 0. The van der Waals surface area contributed by atoms with Gasteiger partial charge in [-0.1, -0.05) is 118 Å². The molecule has 0 radical (unpaired) electrons. The van der Waals surface area contributed by atoms with Crippen molar-refractivity contribution >= 4 is 0 Å². The van der Waals surface area contributed by atoms with Gasteiger partial charge in [-0.15, -0.1) is 0 Å². The highest BCUT2D eigenvalue weighted by Crippen LogP contribution is 2.28. The molecule has 1 unspecified atom stereocenters. The molecule has 140 valence electrons. The first-order valence-corrected chi connectivity index (χ1v) is 10.8. The highest BCUT2D eigenvalue weighted by atomic mass is 14.7.